The van der Waals surface area contributed by atoms with E-state index in [0.29, 0.717) is 10.9 Å². The maximum Gasteiger partial charge on any atom is 0.209 e. The lowest BCUT2D eigenvalue weighted by Crippen LogP contribution is -2.20. The van der Waals surface area contributed by atoms with Crippen molar-refractivity contribution in [3.8, 4) is 5.75 Å². The van der Waals surface area contributed by atoms with E-state index in [9.17, 15) is 5.11 Å². The molecule has 0 saturated carbocycles. The van der Waals surface area contributed by atoms with Gasteiger partial charge in [-0.05, 0) is 34.0 Å². The minimum absolute atomic E-state index is 0.244. The minimum atomic E-state index is -0.586. The number of aromatic nitrogens is 4. The number of thiophene rings is 1. The third-order valence-corrected chi connectivity index (χ3v) is 5.28. The fourth-order valence-corrected chi connectivity index (χ4v) is 3.55. The van der Waals surface area contributed by atoms with Crippen molar-refractivity contribution >= 4 is 23.1 Å². The highest BCUT2D eigenvalue weighted by molar-refractivity contribution is 7.99. The van der Waals surface area contributed by atoms with Crippen LogP contribution in [0.1, 0.15) is 4.88 Å². The van der Waals surface area contributed by atoms with Crippen molar-refractivity contribution in [2.45, 2.75) is 24.2 Å². The van der Waals surface area contributed by atoms with Gasteiger partial charge in [-0.2, -0.15) is 0 Å². The molecule has 0 radical (unpaired) electrons. The van der Waals surface area contributed by atoms with Crippen LogP contribution in [0.4, 0.5) is 0 Å². The van der Waals surface area contributed by atoms with E-state index in [-0.39, 0.29) is 6.61 Å². The molecule has 3 aromatic rings. The lowest BCUT2D eigenvalue weighted by atomic mass is 10.3. The van der Waals surface area contributed by atoms with E-state index in [2.05, 4.69) is 27.0 Å². The Morgan fingerprint density at radius 2 is 2.08 bits per heavy atom. The number of aliphatic hydroxyl groups excluding tert-OH is 1. The zero-order valence-electron chi connectivity index (χ0n) is 13.0. The summed E-state index contributed by atoms with van der Waals surface area (Å²) in [6, 6.07) is 13.6. The van der Waals surface area contributed by atoms with Gasteiger partial charge in [-0.3, -0.25) is 0 Å². The number of aryl methyl sites for hydroxylation is 2. The molecule has 0 bridgehead atoms. The Bertz CT molecular complexity index is 719. The summed E-state index contributed by atoms with van der Waals surface area (Å²) < 4.78 is 7.32. The molecule has 0 amide bonds. The molecule has 6 nitrogen and oxygen atoms in total. The first kappa shape index (κ1) is 16.9. The van der Waals surface area contributed by atoms with Gasteiger partial charge in [-0.15, -0.1) is 16.4 Å². The summed E-state index contributed by atoms with van der Waals surface area (Å²) in [5.41, 5.74) is 0. The number of nitrogens with zero attached hydrogens (tertiary/aromatic N) is 4. The Labute approximate surface area is 148 Å². The average Bonchev–Trinajstić information content (AvgIpc) is 3.28. The van der Waals surface area contributed by atoms with E-state index in [4.69, 9.17) is 4.74 Å². The summed E-state index contributed by atoms with van der Waals surface area (Å²) in [4.78, 5) is 1.30. The minimum Gasteiger partial charge on any atom is -0.491 e. The van der Waals surface area contributed by atoms with Gasteiger partial charge in [0, 0.05) is 17.1 Å². The molecule has 24 heavy (non-hydrogen) atoms. The molecule has 0 unspecified atom stereocenters. The van der Waals surface area contributed by atoms with Crippen LogP contribution in [0.3, 0.4) is 0 Å². The molecular formula is C16H18N4O2S2. The Hall–Kier alpha value is -1.90. The predicted molar refractivity (Wildman–Crippen MR) is 94.5 cm³/mol. The summed E-state index contributed by atoms with van der Waals surface area (Å²) in [7, 11) is 0. The van der Waals surface area contributed by atoms with Gasteiger partial charge in [0.05, 0.1) is 12.6 Å². The second-order valence-corrected chi connectivity index (χ2v) is 7.12. The summed E-state index contributed by atoms with van der Waals surface area (Å²) >= 11 is 3.16. The van der Waals surface area contributed by atoms with Gasteiger partial charge in [0.15, 0.2) is 0 Å². The number of aliphatic hydroxyl groups is 1. The lowest BCUT2D eigenvalue weighted by Gasteiger charge is -2.11. The highest BCUT2D eigenvalue weighted by Crippen LogP contribution is 2.17. The first-order chi connectivity index (χ1) is 11.8. The van der Waals surface area contributed by atoms with Crippen molar-refractivity contribution in [2.24, 2.45) is 0 Å². The molecule has 8 heteroatoms. The Balaban J connectivity index is 1.43. The maximum atomic E-state index is 10.1. The lowest BCUT2D eigenvalue weighted by molar-refractivity contribution is 0.126. The van der Waals surface area contributed by atoms with Crippen LogP contribution in [0.5, 0.6) is 5.75 Å². The molecule has 0 aliphatic carbocycles. The molecule has 2 aromatic heterocycles. The number of benzene rings is 1. The van der Waals surface area contributed by atoms with Crippen molar-refractivity contribution in [1.82, 2.24) is 20.2 Å². The maximum absolute atomic E-state index is 10.1. The van der Waals surface area contributed by atoms with Gasteiger partial charge in [-0.1, -0.05) is 36.0 Å². The molecule has 1 N–H and O–H groups in total. The van der Waals surface area contributed by atoms with E-state index in [0.717, 1.165) is 18.7 Å². The molecule has 0 saturated heterocycles. The summed E-state index contributed by atoms with van der Waals surface area (Å²) in [6.45, 7) is 0.972. The SMILES string of the molecule is O[C@@H](COc1ccccc1)CSc1nnnn1CCc1cccs1. The molecule has 1 atom stereocenters. The molecule has 0 spiro atoms. The molecule has 1 aromatic carbocycles. The number of hydrogen-bond acceptors (Lipinski definition) is 7. The number of ether oxygens (including phenoxy) is 1. The molecule has 0 aliphatic rings. The number of hydrogen-bond donors (Lipinski definition) is 1. The quantitative estimate of drug-likeness (QED) is 0.590. The van der Waals surface area contributed by atoms with E-state index < -0.39 is 6.10 Å². The molecule has 3 rings (SSSR count). The zero-order chi connectivity index (χ0) is 16.6. The van der Waals surface area contributed by atoms with Crippen LogP contribution >= 0.6 is 23.1 Å². The van der Waals surface area contributed by atoms with E-state index in [1.165, 1.54) is 16.6 Å². The topological polar surface area (TPSA) is 73.1 Å². The van der Waals surface area contributed by atoms with Gasteiger partial charge in [-0.25, -0.2) is 4.68 Å². The molecule has 0 fully saturated rings. The third kappa shape index (κ3) is 5.05. The number of para-hydroxylation sites is 1. The number of thioether (sulfide) groups is 1. The summed E-state index contributed by atoms with van der Waals surface area (Å²) in [5.74, 6) is 1.23. The van der Waals surface area contributed by atoms with E-state index in [1.54, 1.807) is 16.0 Å². The normalized spacial score (nSPS) is 12.2. The van der Waals surface area contributed by atoms with Crippen molar-refractivity contribution in [1.29, 1.82) is 0 Å². The largest absolute Gasteiger partial charge is 0.491 e. The van der Waals surface area contributed by atoms with Crippen LogP contribution in [0.15, 0.2) is 53.0 Å². The van der Waals surface area contributed by atoms with Crippen LogP contribution in [-0.4, -0.2) is 43.8 Å². The summed E-state index contributed by atoms with van der Waals surface area (Å²) in [5, 5.41) is 24.6. The summed E-state index contributed by atoms with van der Waals surface area (Å²) in [6.07, 6.45) is 0.313. The predicted octanol–water partition coefficient (Wildman–Crippen LogP) is 2.51. The zero-order valence-corrected chi connectivity index (χ0v) is 14.6. The molecule has 2 heterocycles. The number of rotatable bonds is 9. The standard InChI is InChI=1S/C16H18N4O2S2/c21-13(11-22-14-5-2-1-3-6-14)12-24-16-17-18-19-20(16)9-8-15-7-4-10-23-15/h1-7,10,13,21H,8-9,11-12H2/t13-/m0/s1. The first-order valence-electron chi connectivity index (χ1n) is 7.58. The van der Waals surface area contributed by atoms with Crippen LogP contribution < -0.4 is 4.74 Å². The monoisotopic (exact) mass is 362 g/mol. The molecule has 0 aliphatic heterocycles. The highest BCUT2D eigenvalue weighted by Gasteiger charge is 2.12. The molecular weight excluding hydrogens is 344 g/mol. The van der Waals surface area contributed by atoms with Crippen LogP contribution in [-0.2, 0) is 13.0 Å². The molecule has 126 valence electrons. The van der Waals surface area contributed by atoms with Crippen LogP contribution in [0.25, 0.3) is 0 Å². The fourth-order valence-electron chi connectivity index (χ4n) is 2.04. The first-order valence-corrected chi connectivity index (χ1v) is 9.45. The average molecular weight is 362 g/mol. The van der Waals surface area contributed by atoms with Crippen LogP contribution in [0.2, 0.25) is 0 Å². The number of tetrazole rings is 1. The third-order valence-electron chi connectivity index (χ3n) is 3.24. The highest BCUT2D eigenvalue weighted by atomic mass is 32.2. The van der Waals surface area contributed by atoms with Crippen molar-refractivity contribution in [2.75, 3.05) is 12.4 Å². The van der Waals surface area contributed by atoms with E-state index in [1.807, 2.05) is 36.4 Å². The van der Waals surface area contributed by atoms with Gasteiger partial charge in [0.1, 0.15) is 12.4 Å². The Morgan fingerprint density at radius 3 is 2.88 bits per heavy atom. The van der Waals surface area contributed by atoms with Gasteiger partial charge in [0.2, 0.25) is 5.16 Å². The second-order valence-electron chi connectivity index (χ2n) is 5.10. The Morgan fingerprint density at radius 1 is 1.21 bits per heavy atom. The second kappa shape index (κ2) is 8.81. The van der Waals surface area contributed by atoms with Crippen molar-refractivity contribution < 1.29 is 9.84 Å². The van der Waals surface area contributed by atoms with Crippen LogP contribution in [0, 0.1) is 0 Å². The smallest absolute Gasteiger partial charge is 0.209 e. The van der Waals surface area contributed by atoms with Gasteiger partial charge < -0.3 is 9.84 Å². The van der Waals surface area contributed by atoms with Gasteiger partial charge >= 0.3 is 0 Å². The Kier molecular flexibility index (Phi) is 6.22. The fraction of sp³-hybridized carbons (Fsp3) is 0.312. The van der Waals surface area contributed by atoms with Crippen molar-refractivity contribution in [3.05, 3.63) is 52.7 Å². The van der Waals surface area contributed by atoms with E-state index >= 15 is 0 Å². The van der Waals surface area contributed by atoms with Crippen molar-refractivity contribution in [3.63, 3.8) is 0 Å². The van der Waals surface area contributed by atoms with Gasteiger partial charge in [0.25, 0.3) is 0 Å².